The first-order valence-electron chi connectivity index (χ1n) is 10.9. The van der Waals surface area contributed by atoms with Gasteiger partial charge in [-0.1, -0.05) is 49.2 Å². The number of esters is 1. The lowest BCUT2D eigenvalue weighted by Gasteiger charge is -2.38. The van der Waals surface area contributed by atoms with Gasteiger partial charge in [0.15, 0.2) is 5.78 Å². The number of benzene rings is 1. The molecule has 1 aliphatic heterocycles. The van der Waals surface area contributed by atoms with Crippen LogP contribution in [0.1, 0.15) is 45.1 Å². The van der Waals surface area contributed by atoms with Crippen molar-refractivity contribution >= 4 is 35.0 Å². The summed E-state index contributed by atoms with van der Waals surface area (Å²) in [5.41, 5.74) is 8.42. The van der Waals surface area contributed by atoms with Crippen LogP contribution in [0, 0.1) is 11.8 Å². The van der Waals surface area contributed by atoms with Gasteiger partial charge < -0.3 is 20.5 Å². The Kier molecular flexibility index (Phi) is 8.39. The highest BCUT2D eigenvalue weighted by molar-refractivity contribution is 6.42. The number of rotatable bonds is 8. The maximum atomic E-state index is 13.4. The largest absolute Gasteiger partial charge is 0.463 e. The monoisotopic (exact) mass is 480 g/mol. The summed E-state index contributed by atoms with van der Waals surface area (Å²) in [4.78, 5) is 26.6. The molecule has 0 fully saturated rings. The topological polar surface area (TPSA) is 90.7 Å². The van der Waals surface area contributed by atoms with Gasteiger partial charge in [-0.25, -0.2) is 4.79 Å². The summed E-state index contributed by atoms with van der Waals surface area (Å²) >= 11 is 12.9. The molecular formula is C24H30Cl2N2O4. The molecule has 1 aromatic carbocycles. The van der Waals surface area contributed by atoms with Gasteiger partial charge in [0.05, 0.1) is 41.1 Å². The summed E-state index contributed by atoms with van der Waals surface area (Å²) in [6.45, 7) is 6.99. The third kappa shape index (κ3) is 5.04. The van der Waals surface area contributed by atoms with E-state index in [1.54, 1.807) is 25.1 Å². The number of hydrogen-bond donors (Lipinski definition) is 2. The Morgan fingerprint density at radius 2 is 2.03 bits per heavy atom. The molecule has 3 rings (SSSR count). The second-order valence-corrected chi connectivity index (χ2v) is 9.17. The van der Waals surface area contributed by atoms with E-state index < -0.39 is 11.9 Å². The molecule has 1 aromatic rings. The lowest BCUT2D eigenvalue weighted by atomic mass is 9.71. The Labute approximate surface area is 199 Å². The van der Waals surface area contributed by atoms with Crippen molar-refractivity contribution in [2.45, 2.75) is 39.5 Å². The average molecular weight is 481 g/mol. The highest BCUT2D eigenvalue weighted by Crippen LogP contribution is 2.47. The molecule has 0 bridgehead atoms. The molecule has 0 saturated carbocycles. The summed E-state index contributed by atoms with van der Waals surface area (Å²) in [6, 6.07) is 5.25. The molecule has 2 unspecified atom stereocenters. The van der Waals surface area contributed by atoms with E-state index in [1.165, 1.54) is 0 Å². The molecule has 3 N–H and O–H groups in total. The van der Waals surface area contributed by atoms with Crippen molar-refractivity contribution in [2.24, 2.45) is 17.6 Å². The van der Waals surface area contributed by atoms with Crippen molar-refractivity contribution in [2.75, 3.05) is 26.4 Å². The van der Waals surface area contributed by atoms with Crippen LogP contribution in [0.3, 0.4) is 0 Å². The molecule has 0 aromatic heterocycles. The van der Waals surface area contributed by atoms with Crippen molar-refractivity contribution in [1.82, 2.24) is 5.32 Å². The molecule has 0 saturated heterocycles. The van der Waals surface area contributed by atoms with Crippen LogP contribution in [0.2, 0.25) is 10.0 Å². The van der Waals surface area contributed by atoms with Crippen LogP contribution in [0.15, 0.2) is 40.7 Å². The van der Waals surface area contributed by atoms with Gasteiger partial charge in [-0.2, -0.15) is 0 Å². The normalized spacial score (nSPS) is 21.0. The van der Waals surface area contributed by atoms with Gasteiger partial charge in [0.1, 0.15) is 0 Å². The predicted molar refractivity (Wildman–Crippen MR) is 125 cm³/mol. The van der Waals surface area contributed by atoms with Gasteiger partial charge in [-0.15, -0.1) is 0 Å². The molecule has 174 valence electrons. The zero-order valence-corrected chi connectivity index (χ0v) is 20.2. The minimum atomic E-state index is -0.686. The van der Waals surface area contributed by atoms with E-state index in [9.17, 15) is 9.59 Å². The number of Topliss-reactive ketones (excluding diaryl/α,β-unsaturated/α-hetero) is 1. The molecule has 32 heavy (non-hydrogen) atoms. The van der Waals surface area contributed by atoms with Gasteiger partial charge in [0.25, 0.3) is 0 Å². The number of allylic oxidation sites excluding steroid dienone is 2. The Balaban J connectivity index is 2.21. The van der Waals surface area contributed by atoms with E-state index >= 15 is 0 Å². The maximum absolute atomic E-state index is 13.4. The number of nitrogens with two attached hydrogens (primary N) is 1. The SMILES string of the molecule is CCOC(=O)C1=C(COCCN)NC2=C(C(=O)CC(C(C)C)C2)C1c1cccc(Cl)c1Cl. The van der Waals surface area contributed by atoms with E-state index in [2.05, 4.69) is 19.2 Å². The van der Waals surface area contributed by atoms with Crippen molar-refractivity contribution in [3.63, 3.8) is 0 Å². The smallest absolute Gasteiger partial charge is 0.336 e. The molecule has 0 amide bonds. The van der Waals surface area contributed by atoms with Gasteiger partial charge in [-0.05, 0) is 36.8 Å². The quantitative estimate of drug-likeness (QED) is 0.424. The molecule has 6 nitrogen and oxygen atoms in total. The Hall–Kier alpha value is -1.86. The molecule has 1 aliphatic carbocycles. The van der Waals surface area contributed by atoms with Gasteiger partial charge in [-0.3, -0.25) is 4.79 Å². The highest BCUT2D eigenvalue weighted by atomic mass is 35.5. The third-order valence-corrected chi connectivity index (χ3v) is 6.82. The number of carbonyl (C=O) groups is 2. The van der Waals surface area contributed by atoms with Gasteiger partial charge in [0, 0.05) is 30.2 Å². The number of halogens is 2. The van der Waals surface area contributed by atoms with Crippen LogP contribution in [0.5, 0.6) is 0 Å². The molecular weight excluding hydrogens is 451 g/mol. The van der Waals surface area contributed by atoms with Crippen molar-refractivity contribution in [3.05, 3.63) is 56.3 Å². The van der Waals surface area contributed by atoms with Crippen LogP contribution >= 0.6 is 23.2 Å². The van der Waals surface area contributed by atoms with E-state index in [0.29, 0.717) is 64.4 Å². The fourth-order valence-electron chi connectivity index (χ4n) is 4.33. The average Bonchev–Trinajstić information content (AvgIpc) is 2.75. The summed E-state index contributed by atoms with van der Waals surface area (Å²) in [6.07, 6.45) is 1.12. The fourth-order valence-corrected chi connectivity index (χ4v) is 4.75. The van der Waals surface area contributed by atoms with Crippen LogP contribution < -0.4 is 11.1 Å². The summed E-state index contributed by atoms with van der Waals surface area (Å²) in [5, 5.41) is 4.02. The lowest BCUT2D eigenvalue weighted by Crippen LogP contribution is -2.39. The third-order valence-electron chi connectivity index (χ3n) is 5.98. The number of ether oxygens (including phenoxy) is 2. The molecule has 8 heteroatoms. The number of dihydropyridines is 1. The Morgan fingerprint density at radius 1 is 1.28 bits per heavy atom. The predicted octanol–water partition coefficient (Wildman–Crippen LogP) is 4.36. The van der Waals surface area contributed by atoms with Crippen LogP contribution in [0.4, 0.5) is 0 Å². The first kappa shape index (κ1) is 24.8. The highest BCUT2D eigenvalue weighted by Gasteiger charge is 2.43. The minimum absolute atomic E-state index is 0.00205. The molecule has 0 radical (unpaired) electrons. The number of ketones is 1. The summed E-state index contributed by atoms with van der Waals surface area (Å²) in [7, 11) is 0. The van der Waals surface area contributed by atoms with Crippen molar-refractivity contribution < 1.29 is 19.1 Å². The lowest BCUT2D eigenvalue weighted by molar-refractivity contribution is -0.139. The molecule has 2 aliphatic rings. The van der Waals surface area contributed by atoms with E-state index in [-0.39, 0.29) is 24.9 Å². The summed E-state index contributed by atoms with van der Waals surface area (Å²) < 4.78 is 11.1. The number of carbonyl (C=O) groups excluding carboxylic acids is 2. The van der Waals surface area contributed by atoms with Crippen LogP contribution in [0.25, 0.3) is 0 Å². The van der Waals surface area contributed by atoms with Crippen molar-refractivity contribution in [3.8, 4) is 0 Å². The fraction of sp³-hybridized carbons (Fsp3) is 0.500. The zero-order valence-electron chi connectivity index (χ0n) is 18.7. The Morgan fingerprint density at radius 3 is 2.69 bits per heavy atom. The molecule has 1 heterocycles. The maximum Gasteiger partial charge on any atom is 0.336 e. The van der Waals surface area contributed by atoms with E-state index in [4.69, 9.17) is 38.4 Å². The number of nitrogens with one attached hydrogen (secondary N) is 1. The first-order chi connectivity index (χ1) is 15.3. The second kappa shape index (κ2) is 10.8. The molecule has 2 atom stereocenters. The van der Waals surface area contributed by atoms with Gasteiger partial charge in [0.2, 0.25) is 0 Å². The van der Waals surface area contributed by atoms with Crippen LogP contribution in [-0.2, 0) is 19.1 Å². The van der Waals surface area contributed by atoms with Crippen molar-refractivity contribution in [1.29, 1.82) is 0 Å². The number of hydrogen-bond acceptors (Lipinski definition) is 6. The van der Waals surface area contributed by atoms with Gasteiger partial charge >= 0.3 is 5.97 Å². The Bertz CT molecular complexity index is 955. The van der Waals surface area contributed by atoms with E-state index in [1.807, 2.05) is 0 Å². The molecule has 0 spiro atoms. The first-order valence-corrected chi connectivity index (χ1v) is 11.7. The van der Waals surface area contributed by atoms with E-state index in [0.717, 1.165) is 5.70 Å². The van der Waals surface area contributed by atoms with Crippen LogP contribution in [-0.4, -0.2) is 38.1 Å². The minimum Gasteiger partial charge on any atom is -0.463 e. The standard InChI is InChI=1S/C24H30Cl2N2O4/c1-4-32-24(30)22-18(12-31-9-8-27)28-17-10-14(13(2)3)11-19(29)21(17)20(22)15-6-5-7-16(25)23(15)26/h5-7,13-14,20,28H,4,8-12,27H2,1-3H3. The second-order valence-electron chi connectivity index (χ2n) is 8.38. The summed E-state index contributed by atoms with van der Waals surface area (Å²) in [5.74, 6) is -0.650. The zero-order chi connectivity index (χ0) is 23.4.